The van der Waals surface area contributed by atoms with Crippen molar-refractivity contribution in [3.8, 4) is 0 Å². The Morgan fingerprint density at radius 3 is 1.33 bits per heavy atom. The Morgan fingerprint density at radius 2 is 0.966 bits per heavy atom. The Kier molecular flexibility index (Phi) is 11.4. The molecular formula is C48H76N2O8. The highest BCUT2D eigenvalue weighted by atomic mass is 16.4. The van der Waals surface area contributed by atoms with E-state index in [1.807, 2.05) is 0 Å². The fourth-order valence-electron chi connectivity index (χ4n) is 17.2. The molecule has 0 aromatic carbocycles. The second-order valence-corrected chi connectivity index (χ2v) is 22.8. The molecule has 8 fully saturated rings. The molecule has 326 valence electrons. The molecule has 8 aliphatic rings. The second kappa shape index (κ2) is 15.5. The van der Waals surface area contributed by atoms with Crippen LogP contribution in [-0.2, 0) is 9.59 Å². The first kappa shape index (κ1) is 42.8. The minimum absolute atomic E-state index is 0.0150. The molecule has 6 N–H and O–H groups in total. The van der Waals surface area contributed by atoms with Gasteiger partial charge in [-0.05, 0) is 173 Å². The van der Waals surface area contributed by atoms with Crippen molar-refractivity contribution in [2.75, 3.05) is 0 Å². The minimum atomic E-state index is -0.767. The van der Waals surface area contributed by atoms with Crippen LogP contribution in [0.2, 0.25) is 0 Å². The van der Waals surface area contributed by atoms with Crippen molar-refractivity contribution in [1.82, 2.24) is 0 Å². The lowest BCUT2D eigenvalue weighted by Crippen LogP contribution is -2.61. The average Bonchev–Trinajstić information content (AvgIpc) is 3.72. The first-order valence-electron chi connectivity index (χ1n) is 23.6. The van der Waals surface area contributed by atoms with Gasteiger partial charge in [0.15, 0.2) is 0 Å². The topological polar surface area (TPSA) is 180 Å². The van der Waals surface area contributed by atoms with Gasteiger partial charge in [0.25, 0.3) is 0 Å². The van der Waals surface area contributed by atoms with Gasteiger partial charge in [-0.2, -0.15) is 10.2 Å². The quantitative estimate of drug-likeness (QED) is 0.127. The lowest BCUT2D eigenvalue weighted by molar-refractivity contribution is -0.148. The molecule has 8 aliphatic carbocycles. The van der Waals surface area contributed by atoms with Crippen molar-refractivity contribution in [2.45, 2.75) is 182 Å². The van der Waals surface area contributed by atoms with Gasteiger partial charge in [0.1, 0.15) is 0 Å². The molecule has 10 nitrogen and oxygen atoms in total. The molecule has 0 saturated heterocycles. The summed E-state index contributed by atoms with van der Waals surface area (Å²) in [5, 5.41) is 76.7. The van der Waals surface area contributed by atoms with Gasteiger partial charge in [-0.15, -0.1) is 0 Å². The molecule has 0 aliphatic heterocycles. The van der Waals surface area contributed by atoms with Gasteiger partial charge < -0.3 is 30.6 Å². The summed E-state index contributed by atoms with van der Waals surface area (Å²) < 4.78 is 0. The van der Waals surface area contributed by atoms with Crippen LogP contribution in [0.5, 0.6) is 0 Å². The molecule has 0 spiro atoms. The maximum absolute atomic E-state index is 12.3. The number of carbonyl (C=O) groups is 2. The van der Waals surface area contributed by atoms with E-state index in [0.29, 0.717) is 25.7 Å². The third-order valence-corrected chi connectivity index (χ3v) is 20.6. The SMILES string of the molecule is C[C@@H](CCC(=O)O)C1CC[C@@H]2[C@H]3C(=NN=C4CC5C[C@@H](O)CC[C@@]5(C)[C@@H]5C[C@@H](O)[C@@]6(C)C([C@@H](C)CCC(=O)O)CC[C@@H]6[C@@H]45)CC4C[C@@H](O)CC[C@@]4(C)[C@@H]3C[C@@H](O)[C@@]12C. The molecule has 8 rings (SSSR count). The Morgan fingerprint density at radius 1 is 0.586 bits per heavy atom. The predicted molar refractivity (Wildman–Crippen MR) is 223 cm³/mol. The lowest BCUT2D eigenvalue weighted by Gasteiger charge is -2.62. The maximum Gasteiger partial charge on any atom is 0.303 e. The number of hydrogen-bond acceptors (Lipinski definition) is 8. The van der Waals surface area contributed by atoms with Gasteiger partial charge in [-0.1, -0.05) is 41.5 Å². The van der Waals surface area contributed by atoms with Crippen molar-refractivity contribution in [1.29, 1.82) is 0 Å². The zero-order chi connectivity index (χ0) is 41.7. The molecule has 0 aromatic rings. The molecule has 0 heterocycles. The molecule has 0 radical (unpaired) electrons. The van der Waals surface area contributed by atoms with Crippen LogP contribution in [0.25, 0.3) is 0 Å². The number of carboxylic acids is 2. The van der Waals surface area contributed by atoms with Crippen LogP contribution < -0.4 is 0 Å². The van der Waals surface area contributed by atoms with E-state index in [9.17, 15) is 40.2 Å². The summed E-state index contributed by atoms with van der Waals surface area (Å²) in [6.07, 6.45) is 11.7. The lowest BCUT2D eigenvalue weighted by atomic mass is 9.43. The Labute approximate surface area is 347 Å². The number of aliphatic hydroxyl groups excluding tert-OH is 4. The second-order valence-electron chi connectivity index (χ2n) is 22.8. The Balaban J connectivity index is 1.19. The number of hydrogen-bond donors (Lipinski definition) is 6. The number of aliphatic hydroxyl groups is 4. The summed E-state index contributed by atoms with van der Waals surface area (Å²) in [6.45, 7) is 13.8. The van der Waals surface area contributed by atoms with Gasteiger partial charge in [0.05, 0.1) is 24.4 Å². The van der Waals surface area contributed by atoms with Gasteiger partial charge >= 0.3 is 11.9 Å². The van der Waals surface area contributed by atoms with E-state index in [-0.39, 0.29) is 118 Å². The Bertz CT molecular complexity index is 1530. The molecule has 58 heavy (non-hydrogen) atoms. The van der Waals surface area contributed by atoms with Crippen LogP contribution in [0.1, 0.15) is 157 Å². The van der Waals surface area contributed by atoms with E-state index >= 15 is 0 Å². The molecule has 0 bridgehead atoms. The van der Waals surface area contributed by atoms with Gasteiger partial charge in [0, 0.05) is 46.9 Å². The van der Waals surface area contributed by atoms with Crippen LogP contribution in [0.15, 0.2) is 10.2 Å². The van der Waals surface area contributed by atoms with E-state index in [2.05, 4.69) is 41.5 Å². The molecule has 4 unspecified atom stereocenters. The molecular weight excluding hydrogens is 733 g/mol. The molecule has 8 saturated carbocycles. The highest BCUT2D eigenvalue weighted by Gasteiger charge is 2.67. The van der Waals surface area contributed by atoms with Gasteiger partial charge in [-0.25, -0.2) is 0 Å². The van der Waals surface area contributed by atoms with Crippen LogP contribution in [0, 0.1) is 92.7 Å². The fraction of sp³-hybridized carbons (Fsp3) is 0.917. The number of rotatable bonds is 9. The van der Waals surface area contributed by atoms with Gasteiger partial charge in [-0.3, -0.25) is 9.59 Å². The van der Waals surface area contributed by atoms with E-state index in [1.54, 1.807) is 0 Å². The molecule has 20 atom stereocenters. The van der Waals surface area contributed by atoms with E-state index in [4.69, 9.17) is 10.2 Å². The molecule has 0 aromatic heterocycles. The van der Waals surface area contributed by atoms with E-state index < -0.39 is 24.1 Å². The molecule has 0 amide bonds. The van der Waals surface area contributed by atoms with Crippen LogP contribution in [0.4, 0.5) is 0 Å². The summed E-state index contributed by atoms with van der Waals surface area (Å²) >= 11 is 0. The number of fused-ring (bicyclic) bond motifs is 10. The van der Waals surface area contributed by atoms with Crippen molar-refractivity contribution in [2.24, 2.45) is 103 Å². The van der Waals surface area contributed by atoms with Crippen molar-refractivity contribution in [3.05, 3.63) is 0 Å². The summed E-state index contributed by atoms with van der Waals surface area (Å²) in [4.78, 5) is 23.2. The van der Waals surface area contributed by atoms with E-state index in [0.717, 1.165) is 88.5 Å². The summed E-state index contributed by atoms with van der Waals surface area (Å²) in [7, 11) is 0. The highest BCUT2D eigenvalue weighted by Crippen LogP contribution is 2.70. The fourth-order valence-corrected chi connectivity index (χ4v) is 17.2. The first-order chi connectivity index (χ1) is 27.3. The third kappa shape index (κ3) is 6.69. The van der Waals surface area contributed by atoms with Crippen LogP contribution >= 0.6 is 0 Å². The largest absolute Gasteiger partial charge is 0.481 e. The summed E-state index contributed by atoms with van der Waals surface area (Å²) in [6, 6.07) is 0. The summed E-state index contributed by atoms with van der Waals surface area (Å²) in [5.41, 5.74) is 1.54. The summed E-state index contributed by atoms with van der Waals surface area (Å²) in [5.74, 6) is 1.03. The van der Waals surface area contributed by atoms with Crippen LogP contribution in [0.3, 0.4) is 0 Å². The van der Waals surface area contributed by atoms with E-state index in [1.165, 1.54) is 0 Å². The zero-order valence-electron chi connectivity index (χ0n) is 36.4. The van der Waals surface area contributed by atoms with Crippen molar-refractivity contribution >= 4 is 23.4 Å². The minimum Gasteiger partial charge on any atom is -0.481 e. The smallest absolute Gasteiger partial charge is 0.303 e. The van der Waals surface area contributed by atoms with Crippen molar-refractivity contribution < 1.29 is 40.2 Å². The van der Waals surface area contributed by atoms with Crippen LogP contribution in [-0.4, -0.2) is 78.4 Å². The first-order valence-corrected chi connectivity index (χ1v) is 23.6. The third-order valence-electron chi connectivity index (χ3n) is 20.6. The number of carboxylic acid groups (broad SMARTS) is 2. The standard InChI is InChI=1S/C48H76N2O8/c1-25(7-13-41(55)56)31-9-11-33-43-35(23-39(53)47(31,33)5)45(3)17-15-29(51)19-27(45)21-37(43)49-50-38-22-28-20-30(52)16-18-46(28,4)36-24-40(54)48(6)32(10-12-34(48)44(36)38)26(2)8-14-42(57)58/h25-36,39-40,43-44,51-54H,7-24H2,1-6H3,(H,55,56)(H,57,58)/t25-,26-,27?,28?,29-,30-,31?,32?,33+,34+,35+,36+,39+,40+,43+,44+,45+,46+,47-,48-/m0/s1. The predicted octanol–water partition coefficient (Wildman–Crippen LogP) is 7.99. The zero-order valence-corrected chi connectivity index (χ0v) is 36.4. The average molecular weight is 809 g/mol. The normalized spacial score (nSPS) is 52.1. The Hall–Kier alpha value is -1.88. The number of nitrogens with zero attached hydrogens (tertiary/aromatic N) is 2. The monoisotopic (exact) mass is 809 g/mol. The number of aliphatic carboxylic acids is 2. The molecule has 10 heteroatoms. The highest BCUT2D eigenvalue weighted by molar-refractivity contribution is 5.92. The van der Waals surface area contributed by atoms with Crippen molar-refractivity contribution in [3.63, 3.8) is 0 Å². The maximum atomic E-state index is 12.3. The van der Waals surface area contributed by atoms with Gasteiger partial charge in [0.2, 0.25) is 0 Å².